The van der Waals surface area contributed by atoms with Crippen molar-refractivity contribution in [1.82, 2.24) is 5.32 Å². The van der Waals surface area contributed by atoms with Gasteiger partial charge >= 0.3 is 0 Å². The number of hydrogen-bond donors (Lipinski definition) is 1. The first-order valence-electron chi connectivity index (χ1n) is 6.82. The highest BCUT2D eigenvalue weighted by atomic mass is 32.2. The van der Waals surface area contributed by atoms with Gasteiger partial charge < -0.3 is 5.32 Å². The van der Waals surface area contributed by atoms with E-state index in [0.29, 0.717) is 6.04 Å². The number of benzene rings is 1. The molecule has 1 aliphatic carbocycles. The largest absolute Gasteiger partial charge is 0.307 e. The molecule has 0 amide bonds. The molecular formula is C15H21NS. The van der Waals surface area contributed by atoms with E-state index in [1.54, 1.807) is 0 Å². The zero-order valence-corrected chi connectivity index (χ0v) is 11.1. The highest BCUT2D eigenvalue weighted by Gasteiger charge is 2.33. The van der Waals surface area contributed by atoms with Crippen molar-refractivity contribution in [1.29, 1.82) is 0 Å². The Morgan fingerprint density at radius 3 is 2.35 bits per heavy atom. The average molecular weight is 247 g/mol. The van der Waals surface area contributed by atoms with E-state index in [4.69, 9.17) is 0 Å². The lowest BCUT2D eigenvalue weighted by atomic mass is 10.00. The molecule has 1 aromatic carbocycles. The van der Waals surface area contributed by atoms with E-state index < -0.39 is 0 Å². The molecule has 0 spiro atoms. The maximum absolute atomic E-state index is 3.92. The van der Waals surface area contributed by atoms with Crippen LogP contribution >= 0.6 is 11.8 Å². The molecule has 1 atom stereocenters. The van der Waals surface area contributed by atoms with Crippen LogP contribution in [0, 0.1) is 5.92 Å². The Kier molecular flexibility index (Phi) is 3.72. The third kappa shape index (κ3) is 3.05. The Morgan fingerprint density at radius 2 is 1.71 bits per heavy atom. The minimum Gasteiger partial charge on any atom is -0.307 e. The Bertz CT molecular complexity index is 341. The average Bonchev–Trinajstić information content (AvgIpc) is 3.23. The lowest BCUT2D eigenvalue weighted by molar-refractivity contribution is 0.385. The summed E-state index contributed by atoms with van der Waals surface area (Å²) >= 11 is 2.11. The predicted octanol–water partition coefficient (Wildman–Crippen LogP) is 3.62. The topological polar surface area (TPSA) is 12.0 Å². The van der Waals surface area contributed by atoms with Crippen LogP contribution in [0.25, 0.3) is 0 Å². The number of hydrogen-bond acceptors (Lipinski definition) is 2. The van der Waals surface area contributed by atoms with Crippen LogP contribution in [-0.2, 0) is 0 Å². The van der Waals surface area contributed by atoms with E-state index in [9.17, 15) is 0 Å². The molecule has 1 unspecified atom stereocenters. The summed E-state index contributed by atoms with van der Waals surface area (Å²) < 4.78 is 0. The molecule has 3 rings (SSSR count). The molecule has 17 heavy (non-hydrogen) atoms. The van der Waals surface area contributed by atoms with Crippen LogP contribution in [0.2, 0.25) is 0 Å². The molecule has 92 valence electrons. The van der Waals surface area contributed by atoms with E-state index in [-0.39, 0.29) is 0 Å². The van der Waals surface area contributed by atoms with Crippen LogP contribution in [0.15, 0.2) is 30.3 Å². The van der Waals surface area contributed by atoms with Crippen molar-refractivity contribution >= 4 is 11.8 Å². The lowest BCUT2D eigenvalue weighted by Gasteiger charge is -2.28. The van der Waals surface area contributed by atoms with Gasteiger partial charge in [0.25, 0.3) is 0 Å². The van der Waals surface area contributed by atoms with Gasteiger partial charge in [-0.1, -0.05) is 30.3 Å². The molecule has 2 fully saturated rings. The minimum atomic E-state index is 0.615. The molecule has 1 aromatic rings. The summed E-state index contributed by atoms with van der Waals surface area (Å²) in [5.74, 6) is 3.57. The standard InChI is InChI=1S/C15H21NS/c1-2-4-12(5-3-1)15(13-6-7-13)16-14-8-10-17-11-9-14/h1-5,13-16H,6-11H2. The normalized spacial score (nSPS) is 23.5. The molecular weight excluding hydrogens is 226 g/mol. The monoisotopic (exact) mass is 247 g/mol. The summed E-state index contributed by atoms with van der Waals surface area (Å²) in [6, 6.07) is 12.4. The summed E-state index contributed by atoms with van der Waals surface area (Å²) in [6.45, 7) is 0. The maximum Gasteiger partial charge on any atom is 0.0351 e. The summed E-state index contributed by atoms with van der Waals surface area (Å²) in [7, 11) is 0. The third-order valence-corrected chi connectivity index (χ3v) is 4.94. The van der Waals surface area contributed by atoms with Crippen molar-refractivity contribution in [3.63, 3.8) is 0 Å². The van der Waals surface area contributed by atoms with E-state index >= 15 is 0 Å². The molecule has 1 nitrogen and oxygen atoms in total. The van der Waals surface area contributed by atoms with Gasteiger partial charge in [-0.3, -0.25) is 0 Å². The molecule has 1 saturated heterocycles. The highest BCUT2D eigenvalue weighted by molar-refractivity contribution is 7.99. The maximum atomic E-state index is 3.92. The Hall–Kier alpha value is -0.470. The first-order valence-corrected chi connectivity index (χ1v) is 7.98. The first kappa shape index (κ1) is 11.6. The van der Waals surface area contributed by atoms with Crippen LogP contribution in [0.3, 0.4) is 0 Å². The zero-order valence-electron chi connectivity index (χ0n) is 10.3. The Balaban J connectivity index is 1.67. The van der Waals surface area contributed by atoms with Crippen molar-refractivity contribution in [2.75, 3.05) is 11.5 Å². The fourth-order valence-corrected chi connectivity index (χ4v) is 3.82. The highest BCUT2D eigenvalue weighted by Crippen LogP contribution is 2.41. The number of nitrogens with one attached hydrogen (secondary N) is 1. The second-order valence-corrected chi connectivity index (χ2v) is 6.50. The van der Waals surface area contributed by atoms with E-state index in [1.807, 2.05) is 0 Å². The van der Waals surface area contributed by atoms with Crippen LogP contribution in [0.5, 0.6) is 0 Å². The summed E-state index contributed by atoms with van der Waals surface area (Å²) in [5.41, 5.74) is 1.49. The van der Waals surface area contributed by atoms with E-state index in [2.05, 4.69) is 47.4 Å². The molecule has 1 heterocycles. The summed E-state index contributed by atoms with van der Waals surface area (Å²) in [4.78, 5) is 0. The van der Waals surface area contributed by atoms with Gasteiger partial charge in [0.15, 0.2) is 0 Å². The van der Waals surface area contributed by atoms with Gasteiger partial charge in [0.1, 0.15) is 0 Å². The third-order valence-electron chi connectivity index (χ3n) is 3.89. The molecule has 1 saturated carbocycles. The fraction of sp³-hybridized carbons (Fsp3) is 0.600. The molecule has 0 aromatic heterocycles. The minimum absolute atomic E-state index is 0.615. The zero-order chi connectivity index (χ0) is 11.5. The van der Waals surface area contributed by atoms with Gasteiger partial charge in [0.2, 0.25) is 0 Å². The number of thioether (sulfide) groups is 1. The van der Waals surface area contributed by atoms with Crippen molar-refractivity contribution in [3.05, 3.63) is 35.9 Å². The summed E-state index contributed by atoms with van der Waals surface area (Å²) in [5, 5.41) is 3.92. The second-order valence-electron chi connectivity index (χ2n) is 5.28. The predicted molar refractivity (Wildman–Crippen MR) is 75.4 cm³/mol. The van der Waals surface area contributed by atoms with Gasteiger partial charge in [-0.15, -0.1) is 0 Å². The molecule has 0 radical (unpaired) electrons. The Labute approximate surface area is 108 Å². The first-order chi connectivity index (χ1) is 8.43. The van der Waals surface area contributed by atoms with Gasteiger partial charge in [-0.05, 0) is 48.7 Å². The lowest BCUT2D eigenvalue weighted by Crippen LogP contribution is -2.36. The Morgan fingerprint density at radius 1 is 1.00 bits per heavy atom. The van der Waals surface area contributed by atoms with Crippen molar-refractivity contribution in [2.24, 2.45) is 5.92 Å². The number of rotatable bonds is 4. The van der Waals surface area contributed by atoms with Gasteiger partial charge in [0, 0.05) is 12.1 Å². The van der Waals surface area contributed by atoms with Crippen molar-refractivity contribution < 1.29 is 0 Å². The molecule has 2 aliphatic rings. The van der Waals surface area contributed by atoms with Gasteiger partial charge in [-0.25, -0.2) is 0 Å². The van der Waals surface area contributed by atoms with Crippen LogP contribution in [-0.4, -0.2) is 17.5 Å². The van der Waals surface area contributed by atoms with Crippen LogP contribution in [0.1, 0.15) is 37.3 Å². The van der Waals surface area contributed by atoms with E-state index in [0.717, 1.165) is 12.0 Å². The smallest absolute Gasteiger partial charge is 0.0351 e. The van der Waals surface area contributed by atoms with Crippen molar-refractivity contribution in [3.8, 4) is 0 Å². The fourth-order valence-electron chi connectivity index (χ4n) is 2.71. The van der Waals surface area contributed by atoms with Crippen LogP contribution < -0.4 is 5.32 Å². The second kappa shape index (κ2) is 5.45. The van der Waals surface area contributed by atoms with Gasteiger partial charge in [0.05, 0.1) is 0 Å². The SMILES string of the molecule is c1ccc(C(NC2CCSCC2)C2CC2)cc1. The van der Waals surface area contributed by atoms with Gasteiger partial charge in [-0.2, -0.15) is 11.8 Å². The quantitative estimate of drug-likeness (QED) is 0.872. The van der Waals surface area contributed by atoms with Crippen molar-refractivity contribution in [2.45, 2.75) is 37.8 Å². The molecule has 0 bridgehead atoms. The van der Waals surface area contributed by atoms with Crippen LogP contribution in [0.4, 0.5) is 0 Å². The van der Waals surface area contributed by atoms with E-state index in [1.165, 1.54) is 42.8 Å². The summed E-state index contributed by atoms with van der Waals surface area (Å²) in [6.07, 6.45) is 5.52. The molecule has 2 heteroatoms. The molecule has 1 aliphatic heterocycles. The molecule has 1 N–H and O–H groups in total.